The Kier molecular flexibility index (Phi) is 6.06. The van der Waals surface area contributed by atoms with Crippen LogP contribution in [0.5, 0.6) is 11.5 Å². The van der Waals surface area contributed by atoms with Crippen molar-refractivity contribution in [2.75, 3.05) is 12.4 Å². The highest BCUT2D eigenvalue weighted by atomic mass is 19.1. The predicted molar refractivity (Wildman–Crippen MR) is 104 cm³/mol. The van der Waals surface area contributed by atoms with E-state index in [0.717, 1.165) is 17.2 Å². The van der Waals surface area contributed by atoms with Crippen LogP contribution >= 0.6 is 0 Å². The number of nitrogens with one attached hydrogen (secondary N) is 1. The first kappa shape index (κ1) is 19.2. The van der Waals surface area contributed by atoms with E-state index in [2.05, 4.69) is 5.32 Å². The standard InChI is InChI=1S/C21H19FN2O4/c1-27-21-11-16(7-10-20(21)28-14-15-5-3-2-4-6-15)13-23-18-9-8-17(22)12-19(18)24(25)26/h2-12,23H,13-14H2,1H3. The Morgan fingerprint density at radius 1 is 1.00 bits per heavy atom. The molecule has 0 amide bonds. The Morgan fingerprint density at radius 2 is 1.79 bits per heavy atom. The quantitative estimate of drug-likeness (QED) is 0.441. The summed E-state index contributed by atoms with van der Waals surface area (Å²) >= 11 is 0. The van der Waals surface area contributed by atoms with Crippen molar-refractivity contribution in [3.63, 3.8) is 0 Å². The number of methoxy groups -OCH3 is 1. The van der Waals surface area contributed by atoms with Gasteiger partial charge in [-0.1, -0.05) is 36.4 Å². The minimum Gasteiger partial charge on any atom is -0.493 e. The lowest BCUT2D eigenvalue weighted by Gasteiger charge is -2.13. The lowest BCUT2D eigenvalue weighted by molar-refractivity contribution is -0.384. The van der Waals surface area contributed by atoms with Crippen molar-refractivity contribution in [1.82, 2.24) is 0 Å². The molecule has 1 N–H and O–H groups in total. The molecule has 0 aliphatic carbocycles. The molecule has 0 aromatic heterocycles. The number of rotatable bonds is 8. The maximum atomic E-state index is 13.2. The van der Waals surface area contributed by atoms with Crippen LogP contribution in [0.4, 0.5) is 15.8 Å². The topological polar surface area (TPSA) is 73.6 Å². The molecule has 7 heteroatoms. The van der Waals surface area contributed by atoms with Crippen molar-refractivity contribution in [3.8, 4) is 11.5 Å². The van der Waals surface area contributed by atoms with Gasteiger partial charge in [0.1, 0.15) is 18.1 Å². The molecular weight excluding hydrogens is 363 g/mol. The van der Waals surface area contributed by atoms with E-state index < -0.39 is 10.7 Å². The Morgan fingerprint density at radius 3 is 2.50 bits per heavy atom. The molecule has 0 atom stereocenters. The highest BCUT2D eigenvalue weighted by Crippen LogP contribution is 2.30. The lowest BCUT2D eigenvalue weighted by atomic mass is 10.2. The van der Waals surface area contributed by atoms with Crippen molar-refractivity contribution in [1.29, 1.82) is 0 Å². The second-order valence-corrected chi connectivity index (χ2v) is 6.03. The van der Waals surface area contributed by atoms with Gasteiger partial charge in [-0.3, -0.25) is 10.1 Å². The molecule has 0 bridgehead atoms. The van der Waals surface area contributed by atoms with Crippen LogP contribution in [-0.2, 0) is 13.2 Å². The molecule has 3 aromatic carbocycles. The molecule has 0 unspecified atom stereocenters. The minimum absolute atomic E-state index is 0.245. The Hall–Kier alpha value is -3.61. The van der Waals surface area contributed by atoms with Gasteiger partial charge in [0.15, 0.2) is 11.5 Å². The van der Waals surface area contributed by atoms with Crippen LogP contribution in [0.3, 0.4) is 0 Å². The summed E-state index contributed by atoms with van der Waals surface area (Å²) < 4.78 is 24.5. The second kappa shape index (κ2) is 8.85. The normalized spacial score (nSPS) is 10.4. The van der Waals surface area contributed by atoms with Crippen molar-refractivity contribution in [2.24, 2.45) is 0 Å². The van der Waals surface area contributed by atoms with E-state index in [1.165, 1.54) is 12.1 Å². The Labute approximate surface area is 161 Å². The summed E-state index contributed by atoms with van der Waals surface area (Å²) in [7, 11) is 1.55. The van der Waals surface area contributed by atoms with Gasteiger partial charge in [0.05, 0.1) is 18.1 Å². The molecule has 144 valence electrons. The van der Waals surface area contributed by atoms with E-state index in [4.69, 9.17) is 9.47 Å². The highest BCUT2D eigenvalue weighted by Gasteiger charge is 2.15. The maximum absolute atomic E-state index is 13.2. The van der Waals surface area contributed by atoms with E-state index in [1.807, 2.05) is 36.4 Å². The molecule has 3 aromatic rings. The molecule has 3 rings (SSSR count). The molecule has 0 saturated heterocycles. The summed E-state index contributed by atoms with van der Waals surface area (Å²) in [5, 5.41) is 14.0. The van der Waals surface area contributed by atoms with Crippen LogP contribution in [0.15, 0.2) is 66.7 Å². The Balaban J connectivity index is 1.69. The van der Waals surface area contributed by atoms with Crippen LogP contribution in [0.25, 0.3) is 0 Å². The first-order valence-corrected chi connectivity index (χ1v) is 8.58. The molecule has 0 fully saturated rings. The number of nitrogens with zero attached hydrogens (tertiary/aromatic N) is 1. The summed E-state index contributed by atoms with van der Waals surface area (Å²) in [6.07, 6.45) is 0. The van der Waals surface area contributed by atoms with Crippen LogP contribution in [-0.4, -0.2) is 12.0 Å². The zero-order chi connectivity index (χ0) is 19.9. The van der Waals surface area contributed by atoms with Crippen molar-refractivity contribution < 1.29 is 18.8 Å². The zero-order valence-corrected chi connectivity index (χ0v) is 15.2. The molecule has 0 heterocycles. The number of hydrogen-bond acceptors (Lipinski definition) is 5. The summed E-state index contributed by atoms with van der Waals surface area (Å²) in [4.78, 5) is 10.5. The summed E-state index contributed by atoms with van der Waals surface area (Å²) in [6, 6.07) is 18.6. The summed E-state index contributed by atoms with van der Waals surface area (Å²) in [6.45, 7) is 0.721. The number of benzene rings is 3. The van der Waals surface area contributed by atoms with E-state index in [9.17, 15) is 14.5 Å². The van der Waals surface area contributed by atoms with Crippen LogP contribution in [0, 0.1) is 15.9 Å². The highest BCUT2D eigenvalue weighted by molar-refractivity contribution is 5.61. The fourth-order valence-electron chi connectivity index (χ4n) is 2.68. The predicted octanol–water partition coefficient (Wildman–Crippen LogP) is 4.93. The zero-order valence-electron chi connectivity index (χ0n) is 15.2. The first-order valence-electron chi connectivity index (χ1n) is 8.58. The van der Waals surface area contributed by atoms with E-state index in [1.54, 1.807) is 19.2 Å². The van der Waals surface area contributed by atoms with Gasteiger partial charge in [0.2, 0.25) is 0 Å². The molecule has 0 spiro atoms. The van der Waals surface area contributed by atoms with Gasteiger partial charge in [-0.2, -0.15) is 0 Å². The Bertz CT molecular complexity index is 964. The first-order chi connectivity index (χ1) is 13.6. The molecular formula is C21H19FN2O4. The van der Waals surface area contributed by atoms with Crippen molar-refractivity contribution in [3.05, 3.63) is 93.8 Å². The average molecular weight is 382 g/mol. The average Bonchev–Trinajstić information content (AvgIpc) is 2.72. The summed E-state index contributed by atoms with van der Waals surface area (Å²) in [5.41, 5.74) is 1.81. The molecule has 0 aliphatic rings. The number of halogens is 1. The van der Waals surface area contributed by atoms with Crippen LogP contribution in [0.2, 0.25) is 0 Å². The van der Waals surface area contributed by atoms with Gasteiger partial charge in [0.25, 0.3) is 5.69 Å². The van der Waals surface area contributed by atoms with Crippen LogP contribution < -0.4 is 14.8 Å². The van der Waals surface area contributed by atoms with Gasteiger partial charge in [-0.25, -0.2) is 4.39 Å². The molecule has 0 saturated carbocycles. The van der Waals surface area contributed by atoms with Gasteiger partial charge >= 0.3 is 0 Å². The van der Waals surface area contributed by atoms with E-state index >= 15 is 0 Å². The SMILES string of the molecule is COc1cc(CNc2ccc(F)cc2[N+](=O)[O-])ccc1OCc1ccccc1. The molecule has 0 radical (unpaired) electrons. The lowest BCUT2D eigenvalue weighted by Crippen LogP contribution is -2.04. The maximum Gasteiger partial charge on any atom is 0.295 e. The van der Waals surface area contributed by atoms with Crippen molar-refractivity contribution in [2.45, 2.75) is 13.2 Å². The monoisotopic (exact) mass is 382 g/mol. The number of anilines is 1. The largest absolute Gasteiger partial charge is 0.493 e. The number of hydrogen-bond donors (Lipinski definition) is 1. The number of nitro groups is 1. The minimum atomic E-state index is -0.654. The smallest absolute Gasteiger partial charge is 0.295 e. The van der Waals surface area contributed by atoms with Gasteiger partial charge in [-0.15, -0.1) is 0 Å². The molecule has 28 heavy (non-hydrogen) atoms. The van der Waals surface area contributed by atoms with Crippen molar-refractivity contribution >= 4 is 11.4 Å². The third kappa shape index (κ3) is 4.76. The summed E-state index contributed by atoms with van der Waals surface area (Å²) in [5.74, 6) is 0.505. The second-order valence-electron chi connectivity index (χ2n) is 6.03. The third-order valence-electron chi connectivity index (χ3n) is 4.10. The van der Waals surface area contributed by atoms with E-state index in [0.29, 0.717) is 24.7 Å². The molecule has 6 nitrogen and oxygen atoms in total. The molecule has 0 aliphatic heterocycles. The van der Waals surface area contributed by atoms with E-state index in [-0.39, 0.29) is 11.4 Å². The fourth-order valence-corrected chi connectivity index (χ4v) is 2.68. The fraction of sp³-hybridized carbons (Fsp3) is 0.143. The van der Waals surface area contributed by atoms with Crippen LogP contribution in [0.1, 0.15) is 11.1 Å². The van der Waals surface area contributed by atoms with Gasteiger partial charge in [0, 0.05) is 6.54 Å². The van der Waals surface area contributed by atoms with Gasteiger partial charge < -0.3 is 14.8 Å². The number of nitro benzene ring substituents is 1. The third-order valence-corrected chi connectivity index (χ3v) is 4.10. The van der Waals surface area contributed by atoms with Gasteiger partial charge in [-0.05, 0) is 35.4 Å². The number of ether oxygens (including phenoxy) is 2.